The molecular weight excluding hydrogens is 271 g/mol. The normalized spacial score (nSPS) is 11.7. The van der Waals surface area contributed by atoms with E-state index in [4.69, 9.17) is 0 Å². The van der Waals surface area contributed by atoms with Gasteiger partial charge in [-0.3, -0.25) is 9.78 Å². The molecule has 0 saturated carbocycles. The van der Waals surface area contributed by atoms with E-state index in [0.29, 0.717) is 13.1 Å². The van der Waals surface area contributed by atoms with Gasteiger partial charge in [0.25, 0.3) is 5.91 Å². The highest BCUT2D eigenvalue weighted by Crippen LogP contribution is 2.27. The zero-order valence-corrected chi connectivity index (χ0v) is 11.5. The Hall–Kier alpha value is -1.63. The molecule has 0 saturated heterocycles. The van der Waals surface area contributed by atoms with E-state index in [9.17, 15) is 18.0 Å². The van der Waals surface area contributed by atoms with Crippen molar-refractivity contribution in [2.75, 3.05) is 26.2 Å². The maximum atomic E-state index is 12.3. The Kier molecular flexibility index (Phi) is 5.94. The largest absolute Gasteiger partial charge is 0.433 e. The van der Waals surface area contributed by atoms with E-state index in [2.05, 4.69) is 15.2 Å². The van der Waals surface area contributed by atoms with Gasteiger partial charge >= 0.3 is 6.18 Å². The van der Waals surface area contributed by atoms with Crippen molar-refractivity contribution in [2.45, 2.75) is 20.0 Å². The Morgan fingerprint density at radius 1 is 1.30 bits per heavy atom. The highest BCUT2D eigenvalue weighted by Gasteiger charge is 2.32. The minimum Gasteiger partial charge on any atom is -0.351 e. The quantitative estimate of drug-likeness (QED) is 0.873. The van der Waals surface area contributed by atoms with Gasteiger partial charge in [-0.05, 0) is 25.2 Å². The van der Waals surface area contributed by atoms with Gasteiger partial charge in [-0.15, -0.1) is 0 Å². The Bertz CT molecular complexity index is 427. The zero-order chi connectivity index (χ0) is 15.2. The van der Waals surface area contributed by atoms with E-state index in [0.717, 1.165) is 31.4 Å². The number of pyridine rings is 1. The van der Waals surface area contributed by atoms with Crippen LogP contribution in [0.1, 0.15) is 29.9 Å². The third-order valence-electron chi connectivity index (χ3n) is 2.92. The van der Waals surface area contributed by atoms with Crippen LogP contribution in [-0.4, -0.2) is 42.0 Å². The SMILES string of the molecule is CCN(CC)CCNC(=O)c1ccc(C(F)(F)F)nc1. The van der Waals surface area contributed by atoms with Crippen molar-refractivity contribution in [2.24, 2.45) is 0 Å². The Morgan fingerprint density at radius 3 is 2.40 bits per heavy atom. The lowest BCUT2D eigenvalue weighted by Crippen LogP contribution is -2.34. The molecule has 0 unspecified atom stereocenters. The number of nitrogens with one attached hydrogen (secondary N) is 1. The van der Waals surface area contributed by atoms with Crippen molar-refractivity contribution in [3.05, 3.63) is 29.6 Å². The molecule has 1 aromatic rings. The van der Waals surface area contributed by atoms with Gasteiger partial charge in [-0.2, -0.15) is 13.2 Å². The molecule has 1 amide bonds. The monoisotopic (exact) mass is 289 g/mol. The third kappa shape index (κ3) is 4.80. The van der Waals surface area contributed by atoms with Crippen molar-refractivity contribution < 1.29 is 18.0 Å². The van der Waals surface area contributed by atoms with Crippen molar-refractivity contribution in [3.8, 4) is 0 Å². The average molecular weight is 289 g/mol. The summed E-state index contributed by atoms with van der Waals surface area (Å²) in [5, 5.41) is 2.65. The third-order valence-corrected chi connectivity index (χ3v) is 2.92. The van der Waals surface area contributed by atoms with Crippen LogP contribution in [0.2, 0.25) is 0 Å². The second-order valence-electron chi connectivity index (χ2n) is 4.21. The fraction of sp³-hybridized carbons (Fsp3) is 0.538. The summed E-state index contributed by atoms with van der Waals surface area (Å²) in [5.41, 5.74) is -0.880. The van der Waals surface area contributed by atoms with Gasteiger partial charge in [-0.25, -0.2) is 0 Å². The lowest BCUT2D eigenvalue weighted by molar-refractivity contribution is -0.141. The van der Waals surface area contributed by atoms with Gasteiger partial charge in [0.1, 0.15) is 5.69 Å². The number of halogens is 3. The van der Waals surface area contributed by atoms with E-state index < -0.39 is 17.8 Å². The van der Waals surface area contributed by atoms with Gasteiger partial charge in [-0.1, -0.05) is 13.8 Å². The van der Waals surface area contributed by atoms with Crippen LogP contribution in [-0.2, 0) is 6.18 Å². The number of aromatic nitrogens is 1. The maximum absolute atomic E-state index is 12.3. The summed E-state index contributed by atoms with van der Waals surface area (Å²) in [4.78, 5) is 17.1. The highest BCUT2D eigenvalue weighted by atomic mass is 19.4. The molecule has 1 heterocycles. The summed E-state index contributed by atoms with van der Waals surface area (Å²) in [6, 6.07) is 1.93. The number of amides is 1. The number of likely N-dealkylation sites (N-methyl/N-ethyl adjacent to an activating group) is 1. The van der Waals surface area contributed by atoms with Gasteiger partial charge < -0.3 is 10.2 Å². The number of nitrogens with zero attached hydrogens (tertiary/aromatic N) is 2. The molecule has 0 aromatic carbocycles. The molecule has 0 aliphatic heterocycles. The second kappa shape index (κ2) is 7.23. The standard InChI is InChI=1S/C13H18F3N3O/c1-3-19(4-2)8-7-17-12(20)10-5-6-11(18-9-10)13(14,15)16/h5-6,9H,3-4,7-8H2,1-2H3,(H,17,20). The average Bonchev–Trinajstić information content (AvgIpc) is 2.42. The summed E-state index contributed by atoms with van der Waals surface area (Å²) in [6.07, 6.45) is -3.55. The van der Waals surface area contributed by atoms with Crippen molar-refractivity contribution >= 4 is 5.91 Å². The molecule has 4 nitrogen and oxygen atoms in total. The molecule has 0 atom stereocenters. The molecule has 112 valence electrons. The molecule has 1 aromatic heterocycles. The molecule has 7 heteroatoms. The fourth-order valence-corrected chi connectivity index (χ4v) is 1.67. The zero-order valence-electron chi connectivity index (χ0n) is 11.5. The minimum atomic E-state index is -4.49. The topological polar surface area (TPSA) is 45.2 Å². The minimum absolute atomic E-state index is 0.123. The van der Waals surface area contributed by atoms with Crippen molar-refractivity contribution in [3.63, 3.8) is 0 Å². The van der Waals surface area contributed by atoms with E-state index in [1.807, 2.05) is 13.8 Å². The number of carbonyl (C=O) groups is 1. The molecular formula is C13H18F3N3O. The molecule has 1 rings (SSSR count). The number of carbonyl (C=O) groups excluding carboxylic acids is 1. The first kappa shape index (κ1) is 16.4. The van der Waals surface area contributed by atoms with Gasteiger partial charge in [0, 0.05) is 19.3 Å². The number of rotatable bonds is 6. The van der Waals surface area contributed by atoms with Gasteiger partial charge in [0.2, 0.25) is 0 Å². The van der Waals surface area contributed by atoms with Crippen LogP contribution in [0, 0.1) is 0 Å². The first-order chi connectivity index (χ1) is 9.38. The first-order valence-corrected chi connectivity index (χ1v) is 6.42. The Labute approximate surface area is 116 Å². The predicted molar refractivity (Wildman–Crippen MR) is 69.4 cm³/mol. The summed E-state index contributed by atoms with van der Waals surface area (Å²) in [6.45, 7) is 6.95. The Balaban J connectivity index is 2.52. The van der Waals surface area contributed by atoms with E-state index in [-0.39, 0.29) is 5.56 Å². The maximum Gasteiger partial charge on any atom is 0.433 e. The first-order valence-electron chi connectivity index (χ1n) is 6.42. The second-order valence-corrected chi connectivity index (χ2v) is 4.21. The van der Waals surface area contributed by atoms with Crippen LogP contribution in [0.15, 0.2) is 18.3 Å². The van der Waals surface area contributed by atoms with Crippen LogP contribution in [0.3, 0.4) is 0 Å². The summed E-state index contributed by atoms with van der Waals surface area (Å²) >= 11 is 0. The molecule has 20 heavy (non-hydrogen) atoms. The fourth-order valence-electron chi connectivity index (χ4n) is 1.67. The lowest BCUT2D eigenvalue weighted by Gasteiger charge is -2.17. The van der Waals surface area contributed by atoms with Crippen molar-refractivity contribution in [1.82, 2.24) is 15.2 Å². The van der Waals surface area contributed by atoms with Crippen LogP contribution in [0.5, 0.6) is 0 Å². The molecule has 1 N–H and O–H groups in total. The summed E-state index contributed by atoms with van der Waals surface area (Å²) in [5.74, 6) is -0.418. The van der Waals surface area contributed by atoms with Gasteiger partial charge in [0.05, 0.1) is 5.56 Å². The van der Waals surface area contributed by atoms with Crippen molar-refractivity contribution in [1.29, 1.82) is 0 Å². The highest BCUT2D eigenvalue weighted by molar-refractivity contribution is 5.93. The van der Waals surface area contributed by atoms with Crippen LogP contribution >= 0.6 is 0 Å². The molecule has 0 radical (unpaired) electrons. The summed E-state index contributed by atoms with van der Waals surface area (Å²) in [7, 11) is 0. The van der Waals surface area contributed by atoms with E-state index in [1.165, 1.54) is 0 Å². The molecule has 0 spiro atoms. The van der Waals surface area contributed by atoms with E-state index >= 15 is 0 Å². The van der Waals surface area contributed by atoms with E-state index in [1.54, 1.807) is 0 Å². The lowest BCUT2D eigenvalue weighted by atomic mass is 10.2. The predicted octanol–water partition coefficient (Wildman–Crippen LogP) is 2.17. The smallest absolute Gasteiger partial charge is 0.351 e. The molecule has 0 fully saturated rings. The Morgan fingerprint density at radius 2 is 1.95 bits per heavy atom. The number of alkyl halides is 3. The summed E-state index contributed by atoms with van der Waals surface area (Å²) < 4.78 is 37.0. The number of hydrogen-bond acceptors (Lipinski definition) is 3. The molecule has 0 aliphatic rings. The van der Waals surface area contributed by atoms with Crippen LogP contribution in [0.25, 0.3) is 0 Å². The van der Waals surface area contributed by atoms with Crippen LogP contribution < -0.4 is 5.32 Å². The number of hydrogen-bond donors (Lipinski definition) is 1. The van der Waals surface area contributed by atoms with Crippen LogP contribution in [0.4, 0.5) is 13.2 Å². The molecule has 0 bridgehead atoms. The molecule has 0 aliphatic carbocycles. The van der Waals surface area contributed by atoms with Gasteiger partial charge in [0.15, 0.2) is 0 Å².